The molecule has 1 saturated heterocycles. The number of hydrogen-bond acceptors (Lipinski definition) is 7. The van der Waals surface area contributed by atoms with Gasteiger partial charge in [-0.15, -0.1) is 0 Å². The summed E-state index contributed by atoms with van der Waals surface area (Å²) >= 11 is 5.23. The Morgan fingerprint density at radius 3 is 2.38 bits per heavy atom. The molecule has 2 aromatic carbocycles. The number of amides is 2. The van der Waals surface area contributed by atoms with E-state index in [1.807, 2.05) is 6.92 Å². The lowest BCUT2D eigenvalue weighted by molar-refractivity contribution is -0.144. The van der Waals surface area contributed by atoms with Gasteiger partial charge in [0.05, 0.1) is 18.9 Å². The predicted molar refractivity (Wildman–Crippen MR) is 129 cm³/mol. The van der Waals surface area contributed by atoms with Crippen molar-refractivity contribution in [3.05, 3.63) is 53.6 Å². The van der Waals surface area contributed by atoms with Crippen molar-refractivity contribution in [2.75, 3.05) is 18.1 Å². The molecule has 178 valence electrons. The van der Waals surface area contributed by atoms with Crippen LogP contribution in [0.15, 0.2) is 48.0 Å². The second kappa shape index (κ2) is 10.8. The molecule has 0 spiro atoms. The summed E-state index contributed by atoms with van der Waals surface area (Å²) in [6.45, 7) is 5.84. The molecule has 0 saturated carbocycles. The van der Waals surface area contributed by atoms with E-state index in [0.29, 0.717) is 30.2 Å². The minimum absolute atomic E-state index is 0.0299. The minimum Gasteiger partial charge on any atom is -0.494 e. The van der Waals surface area contributed by atoms with Crippen LogP contribution in [0.5, 0.6) is 17.2 Å². The van der Waals surface area contributed by atoms with Crippen LogP contribution in [0.3, 0.4) is 0 Å². The molecule has 2 N–H and O–H groups in total. The SMILES string of the molecule is CCOc1ccc(N2C(=O)/C(=C/c3ccc(O[C@@H](C)C(=O)O)c(OCC)c3)C(=O)NC2=S)cc1. The van der Waals surface area contributed by atoms with E-state index in [1.54, 1.807) is 43.3 Å². The monoisotopic (exact) mass is 484 g/mol. The number of carboxylic acids is 1. The van der Waals surface area contributed by atoms with E-state index in [1.165, 1.54) is 24.0 Å². The molecule has 1 fully saturated rings. The molecule has 0 radical (unpaired) electrons. The molecule has 10 heteroatoms. The fourth-order valence-electron chi connectivity index (χ4n) is 3.14. The third-order valence-corrected chi connectivity index (χ3v) is 5.02. The van der Waals surface area contributed by atoms with Crippen molar-refractivity contribution in [1.29, 1.82) is 0 Å². The number of carboxylic acid groups (broad SMARTS) is 1. The number of aliphatic carboxylic acids is 1. The van der Waals surface area contributed by atoms with Crippen LogP contribution in [0.1, 0.15) is 26.3 Å². The highest BCUT2D eigenvalue weighted by molar-refractivity contribution is 7.80. The van der Waals surface area contributed by atoms with E-state index >= 15 is 0 Å². The number of benzene rings is 2. The summed E-state index contributed by atoms with van der Waals surface area (Å²) in [6.07, 6.45) is 0.325. The summed E-state index contributed by atoms with van der Waals surface area (Å²) in [4.78, 5) is 38.1. The number of hydrogen-bond donors (Lipinski definition) is 2. The number of thiocarbonyl (C=S) groups is 1. The van der Waals surface area contributed by atoms with E-state index in [0.717, 1.165) is 0 Å². The Morgan fingerprint density at radius 2 is 1.76 bits per heavy atom. The summed E-state index contributed by atoms with van der Waals surface area (Å²) in [5, 5.41) is 11.6. The number of nitrogens with one attached hydrogen (secondary N) is 1. The molecule has 0 unspecified atom stereocenters. The van der Waals surface area contributed by atoms with Gasteiger partial charge < -0.3 is 19.3 Å². The first kappa shape index (κ1) is 24.7. The smallest absolute Gasteiger partial charge is 0.344 e. The maximum atomic E-state index is 13.2. The van der Waals surface area contributed by atoms with Crippen LogP contribution >= 0.6 is 12.2 Å². The van der Waals surface area contributed by atoms with Gasteiger partial charge in [0.15, 0.2) is 22.7 Å². The highest BCUT2D eigenvalue weighted by Gasteiger charge is 2.34. The number of rotatable bonds is 9. The molecule has 0 bridgehead atoms. The van der Waals surface area contributed by atoms with Gasteiger partial charge in [0.25, 0.3) is 11.8 Å². The minimum atomic E-state index is -1.12. The number of carbonyl (C=O) groups excluding carboxylic acids is 2. The first-order valence-electron chi connectivity index (χ1n) is 10.6. The molecule has 0 aromatic heterocycles. The van der Waals surface area contributed by atoms with Gasteiger partial charge in [0, 0.05) is 0 Å². The van der Waals surface area contributed by atoms with Crippen molar-refractivity contribution in [1.82, 2.24) is 5.32 Å². The number of nitrogens with zero attached hydrogens (tertiary/aromatic N) is 1. The van der Waals surface area contributed by atoms with Gasteiger partial charge in [0.2, 0.25) is 0 Å². The largest absolute Gasteiger partial charge is 0.494 e. The summed E-state index contributed by atoms with van der Waals surface area (Å²) < 4.78 is 16.4. The molecule has 3 rings (SSSR count). The molecular weight excluding hydrogens is 460 g/mol. The molecule has 1 aliphatic rings. The van der Waals surface area contributed by atoms with E-state index in [4.69, 9.17) is 31.5 Å². The molecular formula is C24H24N2O7S. The second-order valence-electron chi connectivity index (χ2n) is 7.12. The standard InChI is InChI=1S/C24H24N2O7S/c1-4-31-17-9-7-16(8-10-17)26-22(28)18(21(27)25-24(26)34)12-15-6-11-19(20(13-15)32-5-2)33-14(3)23(29)30/h6-14H,4-5H2,1-3H3,(H,29,30)(H,25,27,34)/b18-12+/t14-/m0/s1. The quantitative estimate of drug-likeness (QED) is 0.317. The predicted octanol–water partition coefficient (Wildman–Crippen LogP) is 3.17. The van der Waals surface area contributed by atoms with Gasteiger partial charge in [-0.25, -0.2) is 4.79 Å². The first-order chi connectivity index (χ1) is 16.2. The lowest BCUT2D eigenvalue weighted by atomic mass is 10.1. The Hall–Kier alpha value is -3.92. The zero-order chi connectivity index (χ0) is 24.8. The summed E-state index contributed by atoms with van der Waals surface area (Å²) in [7, 11) is 0. The van der Waals surface area contributed by atoms with Gasteiger partial charge in [-0.1, -0.05) is 6.07 Å². The van der Waals surface area contributed by atoms with Gasteiger partial charge >= 0.3 is 5.97 Å². The van der Waals surface area contributed by atoms with Crippen molar-refractivity contribution in [2.24, 2.45) is 0 Å². The van der Waals surface area contributed by atoms with Crippen LogP contribution in [-0.4, -0.2) is 47.3 Å². The summed E-state index contributed by atoms with van der Waals surface area (Å²) in [6, 6.07) is 11.4. The molecule has 0 aliphatic carbocycles. The average Bonchev–Trinajstić information content (AvgIpc) is 2.79. The number of carbonyl (C=O) groups is 3. The molecule has 2 aromatic rings. The van der Waals surface area contributed by atoms with Crippen LogP contribution in [0.25, 0.3) is 6.08 Å². The maximum absolute atomic E-state index is 13.2. The third kappa shape index (κ3) is 5.52. The van der Waals surface area contributed by atoms with Crippen molar-refractivity contribution in [3.63, 3.8) is 0 Å². The Labute approximate surface area is 201 Å². The van der Waals surface area contributed by atoms with Crippen LogP contribution in [-0.2, 0) is 14.4 Å². The summed E-state index contributed by atoms with van der Waals surface area (Å²) in [5.74, 6) is -1.18. The van der Waals surface area contributed by atoms with Gasteiger partial charge in [0.1, 0.15) is 11.3 Å². The molecule has 2 amide bonds. The van der Waals surface area contributed by atoms with E-state index < -0.39 is 23.9 Å². The third-order valence-electron chi connectivity index (χ3n) is 4.74. The maximum Gasteiger partial charge on any atom is 0.344 e. The fraction of sp³-hybridized carbons (Fsp3) is 0.250. The van der Waals surface area contributed by atoms with Crippen molar-refractivity contribution < 1.29 is 33.7 Å². The second-order valence-corrected chi connectivity index (χ2v) is 7.51. The fourth-order valence-corrected chi connectivity index (χ4v) is 3.42. The number of anilines is 1. The van der Waals surface area contributed by atoms with E-state index in [9.17, 15) is 14.4 Å². The molecule has 9 nitrogen and oxygen atoms in total. The summed E-state index contributed by atoms with van der Waals surface area (Å²) in [5.41, 5.74) is 0.833. The Balaban J connectivity index is 1.93. The van der Waals surface area contributed by atoms with Gasteiger partial charge in [-0.2, -0.15) is 0 Å². The van der Waals surface area contributed by atoms with Gasteiger partial charge in [-0.3, -0.25) is 19.8 Å². The zero-order valence-electron chi connectivity index (χ0n) is 18.9. The number of ether oxygens (including phenoxy) is 3. The zero-order valence-corrected chi connectivity index (χ0v) is 19.7. The van der Waals surface area contributed by atoms with Crippen LogP contribution in [0.4, 0.5) is 5.69 Å². The van der Waals surface area contributed by atoms with Gasteiger partial charge in [-0.05, 0) is 81.0 Å². The normalized spacial score (nSPS) is 15.7. The van der Waals surface area contributed by atoms with Crippen LogP contribution in [0, 0.1) is 0 Å². The lowest BCUT2D eigenvalue weighted by Crippen LogP contribution is -2.54. The topological polar surface area (TPSA) is 114 Å². The van der Waals surface area contributed by atoms with Crippen molar-refractivity contribution in [2.45, 2.75) is 26.9 Å². The molecule has 1 atom stereocenters. The molecule has 1 heterocycles. The lowest BCUT2D eigenvalue weighted by Gasteiger charge is -2.29. The Bertz CT molecular complexity index is 1140. The van der Waals surface area contributed by atoms with E-state index in [2.05, 4.69) is 5.32 Å². The van der Waals surface area contributed by atoms with Crippen LogP contribution < -0.4 is 24.4 Å². The molecule has 1 aliphatic heterocycles. The van der Waals surface area contributed by atoms with Crippen molar-refractivity contribution in [3.8, 4) is 17.2 Å². The highest BCUT2D eigenvalue weighted by Crippen LogP contribution is 2.31. The molecule has 34 heavy (non-hydrogen) atoms. The first-order valence-corrected chi connectivity index (χ1v) is 11.0. The van der Waals surface area contributed by atoms with Crippen LogP contribution in [0.2, 0.25) is 0 Å². The highest BCUT2D eigenvalue weighted by atomic mass is 32.1. The van der Waals surface area contributed by atoms with E-state index in [-0.39, 0.29) is 22.2 Å². The Morgan fingerprint density at radius 1 is 1.09 bits per heavy atom. The Kier molecular flexibility index (Phi) is 7.85. The average molecular weight is 485 g/mol. The van der Waals surface area contributed by atoms with Crippen molar-refractivity contribution >= 4 is 46.9 Å².